The van der Waals surface area contributed by atoms with Crippen LogP contribution in [0, 0.1) is 5.92 Å². The minimum absolute atomic E-state index is 0.133. The summed E-state index contributed by atoms with van der Waals surface area (Å²) in [5.41, 5.74) is 0.394. The summed E-state index contributed by atoms with van der Waals surface area (Å²) in [5, 5.41) is 0. The van der Waals surface area contributed by atoms with Crippen molar-refractivity contribution in [3.63, 3.8) is 0 Å². The molecule has 0 radical (unpaired) electrons. The predicted octanol–water partition coefficient (Wildman–Crippen LogP) is 3.41. The van der Waals surface area contributed by atoms with Crippen LogP contribution in [0.15, 0.2) is 24.5 Å². The smallest absolute Gasteiger partial charge is 0.410 e. The number of hydrogen-bond acceptors (Lipinski definition) is 5. The summed E-state index contributed by atoms with van der Waals surface area (Å²) in [4.78, 5) is 33.4. The van der Waals surface area contributed by atoms with E-state index in [-0.39, 0.29) is 18.0 Å². The molecule has 0 N–H and O–H groups in total. The Labute approximate surface area is 173 Å². The zero-order valence-corrected chi connectivity index (χ0v) is 17.8. The van der Waals surface area contributed by atoms with Crippen LogP contribution >= 0.6 is 0 Å². The van der Waals surface area contributed by atoms with Crippen LogP contribution in [0.5, 0.6) is 0 Å². The van der Waals surface area contributed by atoms with Gasteiger partial charge in [-0.25, -0.2) is 4.79 Å². The van der Waals surface area contributed by atoms with Crippen molar-refractivity contribution in [2.24, 2.45) is 5.92 Å². The maximum absolute atomic E-state index is 13.1. The molecule has 2 aliphatic rings. The van der Waals surface area contributed by atoms with E-state index < -0.39 is 5.60 Å². The van der Waals surface area contributed by atoms with Gasteiger partial charge in [0.1, 0.15) is 5.60 Å². The molecule has 0 aliphatic carbocycles. The molecule has 2 aliphatic heterocycles. The van der Waals surface area contributed by atoms with Crippen molar-refractivity contribution < 1.29 is 19.1 Å². The van der Waals surface area contributed by atoms with E-state index in [9.17, 15) is 9.59 Å². The monoisotopic (exact) mass is 403 g/mol. The molecule has 1 aromatic heterocycles. The molecule has 29 heavy (non-hydrogen) atoms. The van der Waals surface area contributed by atoms with Gasteiger partial charge in [0.2, 0.25) is 5.91 Å². The van der Waals surface area contributed by atoms with E-state index in [1.165, 1.54) is 0 Å². The second-order valence-corrected chi connectivity index (χ2v) is 8.94. The lowest BCUT2D eigenvalue weighted by Crippen LogP contribution is -2.53. The van der Waals surface area contributed by atoms with Crippen LogP contribution in [0.1, 0.15) is 58.1 Å². The summed E-state index contributed by atoms with van der Waals surface area (Å²) in [6, 6.07) is 3.62. The average Bonchev–Trinajstić information content (AvgIpc) is 2.72. The highest BCUT2D eigenvalue weighted by Gasteiger charge is 2.35. The van der Waals surface area contributed by atoms with Gasteiger partial charge in [0.05, 0.1) is 6.04 Å². The van der Waals surface area contributed by atoms with Crippen LogP contribution in [0.25, 0.3) is 0 Å². The quantitative estimate of drug-likeness (QED) is 0.770. The van der Waals surface area contributed by atoms with Crippen LogP contribution < -0.4 is 0 Å². The van der Waals surface area contributed by atoms with Crippen molar-refractivity contribution in [1.82, 2.24) is 14.8 Å². The maximum atomic E-state index is 13.1. The number of pyridine rings is 1. The molecular weight excluding hydrogens is 370 g/mol. The zero-order valence-electron chi connectivity index (χ0n) is 17.8. The van der Waals surface area contributed by atoms with Crippen LogP contribution in [0.2, 0.25) is 0 Å². The van der Waals surface area contributed by atoms with Crippen molar-refractivity contribution in [3.05, 3.63) is 30.1 Å². The Hall–Kier alpha value is -2.15. The highest BCUT2D eigenvalue weighted by atomic mass is 16.6. The summed E-state index contributed by atoms with van der Waals surface area (Å²) < 4.78 is 11.1. The van der Waals surface area contributed by atoms with E-state index in [2.05, 4.69) is 4.98 Å². The fourth-order valence-electron chi connectivity index (χ4n) is 3.94. The Morgan fingerprint density at radius 1 is 1.31 bits per heavy atom. The summed E-state index contributed by atoms with van der Waals surface area (Å²) in [6.07, 6.45) is 6.73. The van der Waals surface area contributed by atoms with Crippen LogP contribution in [-0.2, 0) is 14.3 Å². The average molecular weight is 404 g/mol. The molecule has 0 aromatic carbocycles. The van der Waals surface area contributed by atoms with E-state index in [4.69, 9.17) is 9.47 Å². The summed E-state index contributed by atoms with van der Waals surface area (Å²) in [5.74, 6) is 0.598. The molecule has 0 spiro atoms. The number of carbonyl (C=O) groups is 2. The van der Waals surface area contributed by atoms with Crippen LogP contribution in [-0.4, -0.2) is 65.2 Å². The van der Waals surface area contributed by atoms with E-state index in [0.717, 1.165) is 38.0 Å². The lowest BCUT2D eigenvalue weighted by atomic mass is 9.96. The predicted molar refractivity (Wildman–Crippen MR) is 109 cm³/mol. The number of amides is 2. The van der Waals surface area contributed by atoms with Gasteiger partial charge in [-0.15, -0.1) is 0 Å². The minimum Gasteiger partial charge on any atom is -0.444 e. The Morgan fingerprint density at radius 3 is 2.79 bits per heavy atom. The largest absolute Gasteiger partial charge is 0.444 e. The number of rotatable bonds is 4. The van der Waals surface area contributed by atoms with Gasteiger partial charge in [-0.05, 0) is 57.6 Å². The summed E-state index contributed by atoms with van der Waals surface area (Å²) in [7, 11) is 0. The first kappa shape index (κ1) is 21.6. The van der Waals surface area contributed by atoms with E-state index in [1.54, 1.807) is 17.3 Å². The van der Waals surface area contributed by atoms with E-state index in [1.807, 2.05) is 37.8 Å². The van der Waals surface area contributed by atoms with Gasteiger partial charge in [0.15, 0.2) is 0 Å². The number of hydrogen-bond donors (Lipinski definition) is 0. The molecule has 160 valence electrons. The molecule has 2 atom stereocenters. The topological polar surface area (TPSA) is 72.0 Å². The number of carbonyl (C=O) groups excluding carboxylic acids is 2. The van der Waals surface area contributed by atoms with Crippen LogP contribution in [0.4, 0.5) is 4.79 Å². The molecule has 2 fully saturated rings. The molecule has 2 saturated heterocycles. The Morgan fingerprint density at radius 2 is 2.14 bits per heavy atom. The summed E-state index contributed by atoms with van der Waals surface area (Å²) in [6.45, 7) is 8.56. The zero-order chi connectivity index (χ0) is 20.9. The van der Waals surface area contributed by atoms with Crippen molar-refractivity contribution >= 4 is 12.0 Å². The lowest BCUT2D eigenvalue weighted by molar-refractivity contribution is -0.137. The fourth-order valence-corrected chi connectivity index (χ4v) is 3.94. The third-order valence-corrected chi connectivity index (χ3v) is 5.44. The van der Waals surface area contributed by atoms with Crippen molar-refractivity contribution in [2.75, 3.05) is 32.8 Å². The lowest BCUT2D eigenvalue weighted by Gasteiger charge is -2.42. The van der Waals surface area contributed by atoms with E-state index in [0.29, 0.717) is 32.0 Å². The van der Waals surface area contributed by atoms with Gasteiger partial charge >= 0.3 is 6.09 Å². The second-order valence-electron chi connectivity index (χ2n) is 8.94. The fraction of sp³-hybridized carbons (Fsp3) is 0.682. The van der Waals surface area contributed by atoms with Gasteiger partial charge in [-0.1, -0.05) is 6.07 Å². The highest BCUT2D eigenvalue weighted by molar-refractivity contribution is 5.77. The number of piperazine rings is 1. The number of nitrogens with zero attached hydrogens (tertiary/aromatic N) is 3. The third-order valence-electron chi connectivity index (χ3n) is 5.44. The van der Waals surface area contributed by atoms with Gasteiger partial charge in [-0.2, -0.15) is 0 Å². The molecule has 0 bridgehead atoms. The van der Waals surface area contributed by atoms with Gasteiger partial charge in [-0.3, -0.25) is 9.78 Å². The Kier molecular flexibility index (Phi) is 7.11. The first-order chi connectivity index (χ1) is 13.8. The number of ether oxygens (including phenoxy) is 2. The van der Waals surface area contributed by atoms with Gasteiger partial charge < -0.3 is 19.3 Å². The normalized spacial score (nSPS) is 23.0. The minimum atomic E-state index is -0.546. The molecule has 0 saturated carbocycles. The molecule has 7 nitrogen and oxygen atoms in total. The molecule has 2 unspecified atom stereocenters. The maximum Gasteiger partial charge on any atom is 0.410 e. The molecule has 1 aromatic rings. The molecule has 7 heteroatoms. The molecule has 3 rings (SSSR count). The van der Waals surface area contributed by atoms with Gasteiger partial charge in [0, 0.05) is 51.7 Å². The second kappa shape index (κ2) is 9.57. The third kappa shape index (κ3) is 6.16. The molecule has 2 amide bonds. The number of aromatic nitrogens is 1. The first-order valence-electron chi connectivity index (χ1n) is 10.6. The summed E-state index contributed by atoms with van der Waals surface area (Å²) >= 11 is 0. The standard InChI is InChI=1S/C22H33N3O4/c1-22(2,3)29-21(27)24-11-12-25(19(15-24)18-7-4-10-23-14-18)20(26)9-8-17-6-5-13-28-16-17/h4,7,10,14,17,19H,5-6,8-9,11-13,15-16H2,1-3H3. The Bertz CT molecular complexity index is 683. The Balaban J connectivity index is 1.67. The van der Waals surface area contributed by atoms with Crippen molar-refractivity contribution in [2.45, 2.75) is 58.1 Å². The van der Waals surface area contributed by atoms with Crippen molar-refractivity contribution in [3.8, 4) is 0 Å². The van der Waals surface area contributed by atoms with Gasteiger partial charge in [0.25, 0.3) is 0 Å². The SMILES string of the molecule is CC(C)(C)OC(=O)N1CCN(C(=O)CCC2CCCOC2)C(c2cccnc2)C1. The molecule has 3 heterocycles. The van der Waals surface area contributed by atoms with Crippen molar-refractivity contribution in [1.29, 1.82) is 0 Å². The van der Waals surface area contributed by atoms with Crippen LogP contribution in [0.3, 0.4) is 0 Å². The van der Waals surface area contributed by atoms with E-state index >= 15 is 0 Å². The molecular formula is C22H33N3O4. The highest BCUT2D eigenvalue weighted by Crippen LogP contribution is 2.28. The first-order valence-corrected chi connectivity index (χ1v) is 10.6.